The van der Waals surface area contributed by atoms with Crippen molar-refractivity contribution in [2.24, 2.45) is 5.73 Å². The number of carbonyl (C=O) groups is 1. The number of halogens is 3. The fraction of sp³-hybridized carbons (Fsp3) is 0.292. The summed E-state index contributed by atoms with van der Waals surface area (Å²) in [4.78, 5) is 21.0. The van der Waals surface area contributed by atoms with Crippen LogP contribution in [0.5, 0.6) is 0 Å². The third-order valence-electron chi connectivity index (χ3n) is 5.73. The number of nitrogens with one attached hydrogen (secondary N) is 1. The predicted molar refractivity (Wildman–Crippen MR) is 118 cm³/mol. The van der Waals surface area contributed by atoms with Crippen LogP contribution in [0.1, 0.15) is 46.2 Å². The van der Waals surface area contributed by atoms with E-state index in [1.807, 2.05) is 37.3 Å². The van der Waals surface area contributed by atoms with Crippen molar-refractivity contribution in [1.82, 2.24) is 9.97 Å². The van der Waals surface area contributed by atoms with Crippen LogP contribution >= 0.6 is 0 Å². The molecule has 2 heterocycles. The molecular formula is C24H25F3N4O. The van der Waals surface area contributed by atoms with Gasteiger partial charge < -0.3 is 11.1 Å². The zero-order chi connectivity index (χ0) is 23.4. The molecule has 3 rings (SSSR count). The molecule has 32 heavy (non-hydrogen) atoms. The number of nitrogens with zero attached hydrogens (tertiary/aromatic N) is 2. The van der Waals surface area contributed by atoms with E-state index in [-0.39, 0.29) is 11.4 Å². The van der Waals surface area contributed by atoms with Crippen molar-refractivity contribution in [3.05, 3.63) is 88.9 Å². The molecule has 5 nitrogen and oxygen atoms in total. The molecule has 0 amide bonds. The first-order valence-corrected chi connectivity index (χ1v) is 10.3. The van der Waals surface area contributed by atoms with Crippen molar-refractivity contribution in [3.8, 4) is 0 Å². The van der Waals surface area contributed by atoms with Gasteiger partial charge in [-0.1, -0.05) is 37.3 Å². The third-order valence-corrected chi connectivity index (χ3v) is 5.73. The summed E-state index contributed by atoms with van der Waals surface area (Å²) in [5.74, 6) is -0.652. The SMILES string of the molecule is CCC(CN)(CNc1ccc(C(F)(F)F)c(C(=O)c2cccnc2C)n1)c1ccccc1. The third kappa shape index (κ3) is 4.80. The molecule has 0 fully saturated rings. The van der Waals surface area contributed by atoms with Crippen LogP contribution in [0, 0.1) is 6.92 Å². The van der Waals surface area contributed by atoms with Crippen molar-refractivity contribution in [3.63, 3.8) is 0 Å². The molecule has 0 aliphatic heterocycles. The number of benzene rings is 1. The molecule has 3 N–H and O–H groups in total. The van der Waals surface area contributed by atoms with Gasteiger partial charge in [0.05, 0.1) is 5.56 Å². The van der Waals surface area contributed by atoms with Gasteiger partial charge in [0.1, 0.15) is 11.5 Å². The van der Waals surface area contributed by atoms with E-state index in [2.05, 4.69) is 15.3 Å². The minimum Gasteiger partial charge on any atom is -0.369 e. The molecule has 3 aromatic rings. The summed E-state index contributed by atoms with van der Waals surface area (Å²) < 4.78 is 40.9. The van der Waals surface area contributed by atoms with E-state index in [0.717, 1.165) is 11.6 Å². The predicted octanol–water partition coefficient (Wildman–Crippen LogP) is 4.75. The Hall–Kier alpha value is -3.26. The lowest BCUT2D eigenvalue weighted by Crippen LogP contribution is -2.41. The van der Waals surface area contributed by atoms with Crippen LogP contribution in [0.4, 0.5) is 19.0 Å². The van der Waals surface area contributed by atoms with Crippen molar-refractivity contribution >= 4 is 11.6 Å². The van der Waals surface area contributed by atoms with Gasteiger partial charge in [0.25, 0.3) is 0 Å². The molecule has 168 valence electrons. The van der Waals surface area contributed by atoms with E-state index in [1.54, 1.807) is 6.92 Å². The van der Waals surface area contributed by atoms with Gasteiger partial charge in [0.2, 0.25) is 5.78 Å². The molecule has 1 atom stereocenters. The number of alkyl halides is 3. The van der Waals surface area contributed by atoms with E-state index in [4.69, 9.17) is 5.73 Å². The fourth-order valence-corrected chi connectivity index (χ4v) is 3.63. The molecule has 2 aromatic heterocycles. The summed E-state index contributed by atoms with van der Waals surface area (Å²) in [6, 6.07) is 14.7. The summed E-state index contributed by atoms with van der Waals surface area (Å²) in [5, 5.41) is 3.10. The number of carbonyl (C=O) groups excluding carboxylic acids is 1. The summed E-state index contributed by atoms with van der Waals surface area (Å²) in [5.41, 5.74) is 5.36. The van der Waals surface area contributed by atoms with Gasteiger partial charge in [0.15, 0.2) is 0 Å². The van der Waals surface area contributed by atoms with Crippen molar-refractivity contribution < 1.29 is 18.0 Å². The topological polar surface area (TPSA) is 80.9 Å². The van der Waals surface area contributed by atoms with E-state index >= 15 is 0 Å². The van der Waals surface area contributed by atoms with Gasteiger partial charge >= 0.3 is 6.18 Å². The molecule has 1 aromatic carbocycles. The maximum Gasteiger partial charge on any atom is 0.418 e. The standard InChI is InChI=1S/C24H25F3N4O/c1-3-23(14-28,17-8-5-4-6-9-17)15-30-20-12-11-19(24(25,26)27)21(31-20)22(32)18-10-7-13-29-16(18)2/h4-13H,3,14-15,28H2,1-2H3,(H,30,31). The Morgan fingerprint density at radius 3 is 2.38 bits per heavy atom. The number of ketones is 1. The quantitative estimate of drug-likeness (QED) is 0.492. The molecule has 0 bridgehead atoms. The van der Waals surface area contributed by atoms with Crippen LogP contribution in [0.25, 0.3) is 0 Å². The molecule has 0 aliphatic rings. The minimum absolute atomic E-state index is 0.0804. The second-order valence-electron chi connectivity index (χ2n) is 7.61. The normalized spacial score (nSPS) is 13.4. The lowest BCUT2D eigenvalue weighted by Gasteiger charge is -2.32. The first-order valence-electron chi connectivity index (χ1n) is 10.3. The van der Waals surface area contributed by atoms with Gasteiger partial charge in [-0.2, -0.15) is 13.2 Å². The summed E-state index contributed by atoms with van der Waals surface area (Å²) in [6.07, 6.45) is -2.54. The van der Waals surface area contributed by atoms with E-state index in [9.17, 15) is 18.0 Å². The van der Waals surface area contributed by atoms with Gasteiger partial charge in [-0.15, -0.1) is 0 Å². The van der Waals surface area contributed by atoms with E-state index < -0.39 is 28.6 Å². The zero-order valence-corrected chi connectivity index (χ0v) is 17.9. The molecule has 0 saturated carbocycles. The van der Waals surface area contributed by atoms with Crippen molar-refractivity contribution in [1.29, 1.82) is 0 Å². The van der Waals surface area contributed by atoms with Gasteiger partial charge in [-0.05, 0) is 43.2 Å². The van der Waals surface area contributed by atoms with Crippen LogP contribution in [-0.4, -0.2) is 28.8 Å². The number of hydrogen-bond donors (Lipinski definition) is 2. The van der Waals surface area contributed by atoms with Gasteiger partial charge in [-0.25, -0.2) is 4.98 Å². The number of anilines is 1. The average Bonchev–Trinajstić information content (AvgIpc) is 2.80. The highest BCUT2D eigenvalue weighted by atomic mass is 19.4. The van der Waals surface area contributed by atoms with E-state index in [1.165, 1.54) is 24.4 Å². The lowest BCUT2D eigenvalue weighted by atomic mass is 9.78. The van der Waals surface area contributed by atoms with Crippen LogP contribution in [-0.2, 0) is 11.6 Å². The molecule has 0 spiro atoms. The summed E-state index contributed by atoms with van der Waals surface area (Å²) in [6.45, 7) is 4.25. The number of hydrogen-bond acceptors (Lipinski definition) is 5. The maximum atomic E-state index is 13.6. The molecule has 1 unspecified atom stereocenters. The Morgan fingerprint density at radius 1 is 1.06 bits per heavy atom. The number of aryl methyl sites for hydroxylation is 1. The smallest absolute Gasteiger partial charge is 0.369 e. The Kier molecular flexibility index (Phi) is 6.93. The van der Waals surface area contributed by atoms with Crippen LogP contribution in [0.3, 0.4) is 0 Å². The van der Waals surface area contributed by atoms with Crippen LogP contribution in [0.2, 0.25) is 0 Å². The molecule has 0 aliphatic carbocycles. The highest BCUT2D eigenvalue weighted by Gasteiger charge is 2.37. The number of nitrogens with two attached hydrogens (primary N) is 1. The second kappa shape index (κ2) is 9.48. The number of rotatable bonds is 8. The highest BCUT2D eigenvalue weighted by Crippen LogP contribution is 2.34. The monoisotopic (exact) mass is 442 g/mol. The van der Waals surface area contributed by atoms with Crippen molar-refractivity contribution in [2.45, 2.75) is 31.9 Å². The van der Waals surface area contributed by atoms with Gasteiger partial charge in [0, 0.05) is 36.0 Å². The first kappa shape index (κ1) is 23.4. The molecule has 0 saturated heterocycles. The lowest BCUT2D eigenvalue weighted by molar-refractivity contribution is -0.138. The Labute approximate surface area is 184 Å². The Morgan fingerprint density at radius 2 is 1.78 bits per heavy atom. The van der Waals surface area contributed by atoms with Crippen LogP contribution in [0.15, 0.2) is 60.8 Å². The largest absolute Gasteiger partial charge is 0.418 e. The average molecular weight is 442 g/mol. The Bertz CT molecular complexity index is 1080. The van der Waals surface area contributed by atoms with E-state index in [0.29, 0.717) is 25.2 Å². The number of pyridine rings is 2. The van der Waals surface area contributed by atoms with Crippen LogP contribution < -0.4 is 11.1 Å². The second-order valence-corrected chi connectivity index (χ2v) is 7.61. The Balaban J connectivity index is 1.97. The highest BCUT2D eigenvalue weighted by molar-refractivity contribution is 6.09. The maximum absolute atomic E-state index is 13.6. The van der Waals surface area contributed by atoms with Gasteiger partial charge in [-0.3, -0.25) is 9.78 Å². The number of aromatic nitrogens is 2. The first-order chi connectivity index (χ1) is 15.2. The fourth-order valence-electron chi connectivity index (χ4n) is 3.63. The molecular weight excluding hydrogens is 417 g/mol. The summed E-state index contributed by atoms with van der Waals surface area (Å²) in [7, 11) is 0. The zero-order valence-electron chi connectivity index (χ0n) is 17.9. The van der Waals surface area contributed by atoms with Crippen molar-refractivity contribution in [2.75, 3.05) is 18.4 Å². The molecule has 0 radical (unpaired) electrons. The summed E-state index contributed by atoms with van der Waals surface area (Å²) >= 11 is 0. The molecule has 8 heteroatoms. The minimum atomic E-state index is -4.72.